The van der Waals surface area contributed by atoms with Crippen LogP contribution in [0, 0.1) is 5.82 Å². The first-order valence-corrected chi connectivity index (χ1v) is 9.44. The smallest absolute Gasteiger partial charge is 0.257 e. The molecule has 0 radical (unpaired) electrons. The highest BCUT2D eigenvalue weighted by atomic mass is 32.1. The van der Waals surface area contributed by atoms with Crippen LogP contribution in [0.1, 0.15) is 16.1 Å². The molecule has 0 aliphatic heterocycles. The van der Waals surface area contributed by atoms with Gasteiger partial charge in [-0.1, -0.05) is 18.2 Å². The number of anilines is 1. The summed E-state index contributed by atoms with van der Waals surface area (Å²) in [5.41, 5.74) is 1.11. The Morgan fingerprint density at radius 3 is 2.57 bits per heavy atom. The van der Waals surface area contributed by atoms with Crippen LogP contribution >= 0.6 is 11.3 Å². The summed E-state index contributed by atoms with van der Waals surface area (Å²) < 4.78 is 18.2. The molecular weight excluding hydrogens is 381 g/mol. The Kier molecular flexibility index (Phi) is 6.69. The lowest BCUT2D eigenvalue weighted by molar-refractivity contribution is -0.120. The van der Waals surface area contributed by atoms with E-state index in [1.165, 1.54) is 35.6 Å². The number of benzene rings is 2. The van der Waals surface area contributed by atoms with Crippen molar-refractivity contribution in [1.82, 2.24) is 10.3 Å². The molecule has 0 aliphatic carbocycles. The average molecular weight is 399 g/mol. The molecule has 2 N–H and O–H groups in total. The highest BCUT2D eigenvalue weighted by Gasteiger charge is 2.11. The number of hydrogen-bond acceptors (Lipinski definition) is 5. The van der Waals surface area contributed by atoms with Crippen molar-refractivity contribution in [2.45, 2.75) is 6.42 Å². The second-order valence-corrected chi connectivity index (χ2v) is 6.65. The van der Waals surface area contributed by atoms with E-state index in [4.69, 9.17) is 4.74 Å². The van der Waals surface area contributed by atoms with E-state index < -0.39 is 0 Å². The summed E-state index contributed by atoms with van der Waals surface area (Å²) in [6.45, 7) is 0.588. The van der Waals surface area contributed by atoms with Gasteiger partial charge in [0.1, 0.15) is 18.2 Å². The van der Waals surface area contributed by atoms with E-state index in [9.17, 15) is 14.0 Å². The van der Waals surface area contributed by atoms with E-state index in [0.717, 1.165) is 0 Å². The van der Waals surface area contributed by atoms with Crippen LogP contribution < -0.4 is 15.4 Å². The van der Waals surface area contributed by atoms with Crippen molar-refractivity contribution in [3.05, 3.63) is 77.1 Å². The highest BCUT2D eigenvalue weighted by Crippen LogP contribution is 2.17. The van der Waals surface area contributed by atoms with Gasteiger partial charge in [-0.15, -0.1) is 11.3 Å². The fourth-order valence-electron chi connectivity index (χ4n) is 2.32. The summed E-state index contributed by atoms with van der Waals surface area (Å²) in [5.74, 6) is -0.241. The number of carbonyl (C=O) groups excluding carboxylic acids is 2. The molecule has 28 heavy (non-hydrogen) atoms. The number of ether oxygens (including phenoxy) is 1. The van der Waals surface area contributed by atoms with Gasteiger partial charge in [-0.25, -0.2) is 9.37 Å². The maximum Gasteiger partial charge on any atom is 0.257 e. The van der Waals surface area contributed by atoms with Gasteiger partial charge in [0, 0.05) is 10.9 Å². The van der Waals surface area contributed by atoms with Gasteiger partial charge in [-0.2, -0.15) is 0 Å². The van der Waals surface area contributed by atoms with E-state index in [0.29, 0.717) is 28.7 Å². The van der Waals surface area contributed by atoms with Gasteiger partial charge in [0.25, 0.3) is 5.91 Å². The first kappa shape index (κ1) is 19.5. The number of aromatic nitrogens is 1. The zero-order valence-electron chi connectivity index (χ0n) is 14.9. The number of rotatable bonds is 8. The molecule has 0 unspecified atom stereocenters. The van der Waals surface area contributed by atoms with Gasteiger partial charge in [-0.05, 0) is 36.4 Å². The minimum Gasteiger partial charge on any atom is -0.492 e. The molecule has 1 aromatic heterocycles. The second kappa shape index (κ2) is 9.61. The zero-order chi connectivity index (χ0) is 19.8. The summed E-state index contributed by atoms with van der Waals surface area (Å²) in [4.78, 5) is 28.3. The fraction of sp³-hybridized carbons (Fsp3) is 0.150. The second-order valence-electron chi connectivity index (χ2n) is 5.79. The SMILES string of the molecule is O=C(Cc1csc(NC(=O)c2ccccc2)n1)NCCOc1ccc(F)cc1. The quantitative estimate of drug-likeness (QED) is 0.570. The van der Waals surface area contributed by atoms with Gasteiger partial charge in [0.05, 0.1) is 18.7 Å². The maximum absolute atomic E-state index is 12.8. The molecule has 0 fully saturated rings. The number of amides is 2. The minimum absolute atomic E-state index is 0.105. The topological polar surface area (TPSA) is 80.3 Å². The molecule has 2 amide bonds. The number of carbonyl (C=O) groups is 2. The summed E-state index contributed by atoms with van der Waals surface area (Å²) >= 11 is 1.26. The van der Waals surface area contributed by atoms with E-state index >= 15 is 0 Å². The van der Waals surface area contributed by atoms with Gasteiger partial charge in [0.15, 0.2) is 5.13 Å². The maximum atomic E-state index is 12.8. The van der Waals surface area contributed by atoms with Crippen molar-refractivity contribution in [3.8, 4) is 5.75 Å². The lowest BCUT2D eigenvalue weighted by Crippen LogP contribution is -2.29. The fourth-order valence-corrected chi connectivity index (χ4v) is 3.03. The predicted octanol–water partition coefficient (Wildman–Crippen LogP) is 3.27. The summed E-state index contributed by atoms with van der Waals surface area (Å²) in [6.07, 6.45) is 0.105. The van der Waals surface area contributed by atoms with Crippen LogP contribution in [0.25, 0.3) is 0 Å². The lowest BCUT2D eigenvalue weighted by atomic mass is 10.2. The van der Waals surface area contributed by atoms with Gasteiger partial charge in [-0.3, -0.25) is 14.9 Å². The Balaban J connectivity index is 1.40. The van der Waals surface area contributed by atoms with Crippen LogP contribution in [0.3, 0.4) is 0 Å². The molecule has 144 valence electrons. The molecule has 0 atom stereocenters. The van der Waals surface area contributed by atoms with Crippen LogP contribution in [0.2, 0.25) is 0 Å². The molecule has 3 aromatic rings. The molecule has 0 saturated carbocycles. The molecule has 0 spiro atoms. The molecular formula is C20H18FN3O3S. The summed E-state index contributed by atoms with van der Waals surface area (Å²) in [7, 11) is 0. The molecule has 6 nitrogen and oxygen atoms in total. The van der Waals surface area contributed by atoms with Crippen molar-refractivity contribution >= 4 is 28.3 Å². The zero-order valence-corrected chi connectivity index (χ0v) is 15.7. The molecule has 0 saturated heterocycles. The third-order valence-corrected chi connectivity index (χ3v) is 4.46. The number of nitrogens with one attached hydrogen (secondary N) is 2. The molecule has 8 heteroatoms. The average Bonchev–Trinajstić information content (AvgIpc) is 3.14. The largest absolute Gasteiger partial charge is 0.492 e. The van der Waals surface area contributed by atoms with Crippen LogP contribution in [0.5, 0.6) is 5.75 Å². The van der Waals surface area contributed by atoms with Gasteiger partial charge >= 0.3 is 0 Å². The lowest BCUT2D eigenvalue weighted by Gasteiger charge is -2.07. The Hall–Kier alpha value is -3.26. The number of thiazole rings is 1. The van der Waals surface area contributed by atoms with E-state index in [1.54, 1.807) is 29.6 Å². The van der Waals surface area contributed by atoms with E-state index in [2.05, 4.69) is 15.6 Å². The van der Waals surface area contributed by atoms with Gasteiger partial charge < -0.3 is 10.1 Å². The molecule has 3 rings (SSSR count). The molecule has 0 bridgehead atoms. The first-order chi connectivity index (χ1) is 13.6. The van der Waals surface area contributed by atoms with E-state index in [-0.39, 0.29) is 30.7 Å². The summed E-state index contributed by atoms with van der Waals surface area (Å²) in [6, 6.07) is 14.5. The Morgan fingerprint density at radius 2 is 1.82 bits per heavy atom. The highest BCUT2D eigenvalue weighted by molar-refractivity contribution is 7.14. The molecule has 0 aliphatic rings. The minimum atomic E-state index is -0.330. The van der Waals surface area contributed by atoms with Crippen LogP contribution in [-0.2, 0) is 11.2 Å². The van der Waals surface area contributed by atoms with E-state index in [1.807, 2.05) is 6.07 Å². The first-order valence-electron chi connectivity index (χ1n) is 8.56. The third-order valence-electron chi connectivity index (χ3n) is 3.66. The monoisotopic (exact) mass is 399 g/mol. The third kappa shape index (κ3) is 5.88. The van der Waals surface area contributed by atoms with Gasteiger partial charge in [0.2, 0.25) is 5.91 Å². The molecule has 1 heterocycles. The van der Waals surface area contributed by atoms with Crippen LogP contribution in [-0.4, -0.2) is 29.9 Å². The van der Waals surface area contributed by atoms with Crippen molar-refractivity contribution in [2.75, 3.05) is 18.5 Å². The number of halogens is 1. The van der Waals surface area contributed by atoms with Crippen molar-refractivity contribution in [2.24, 2.45) is 0 Å². The summed E-state index contributed by atoms with van der Waals surface area (Å²) in [5, 5.41) is 7.62. The van der Waals surface area contributed by atoms with Crippen LogP contribution in [0.4, 0.5) is 9.52 Å². The predicted molar refractivity (Wildman–Crippen MR) is 105 cm³/mol. The number of nitrogens with zero attached hydrogens (tertiary/aromatic N) is 1. The van der Waals surface area contributed by atoms with Crippen molar-refractivity contribution in [3.63, 3.8) is 0 Å². The Labute approximate surface area is 165 Å². The Bertz CT molecular complexity index is 929. The van der Waals surface area contributed by atoms with Crippen LogP contribution in [0.15, 0.2) is 60.0 Å². The van der Waals surface area contributed by atoms with Crippen molar-refractivity contribution < 1.29 is 18.7 Å². The molecule has 2 aromatic carbocycles. The Morgan fingerprint density at radius 1 is 1.07 bits per heavy atom. The number of hydrogen-bond donors (Lipinski definition) is 2. The normalized spacial score (nSPS) is 10.3. The van der Waals surface area contributed by atoms with Crippen molar-refractivity contribution in [1.29, 1.82) is 0 Å². The standard InChI is InChI=1S/C20H18FN3O3S/c21-15-6-8-17(9-7-15)27-11-10-22-18(25)12-16-13-28-20(23-16)24-19(26)14-4-2-1-3-5-14/h1-9,13H,10-12H2,(H,22,25)(H,23,24,26).